The van der Waals surface area contributed by atoms with E-state index in [2.05, 4.69) is 5.32 Å². The lowest BCUT2D eigenvalue weighted by atomic mass is 9.97. The van der Waals surface area contributed by atoms with Crippen molar-refractivity contribution in [1.29, 1.82) is 0 Å². The molecule has 2 aromatic carbocycles. The molecule has 2 aromatic rings. The number of carbonyl (C=O) groups excluding carboxylic acids is 1. The van der Waals surface area contributed by atoms with Crippen molar-refractivity contribution in [2.75, 3.05) is 18.0 Å². The van der Waals surface area contributed by atoms with Gasteiger partial charge in [-0.25, -0.2) is 8.42 Å². The molecule has 0 spiro atoms. The maximum Gasteiger partial charge on any atom is 0.264 e. The van der Waals surface area contributed by atoms with Gasteiger partial charge in [-0.1, -0.05) is 56.4 Å². The van der Waals surface area contributed by atoms with Crippen molar-refractivity contribution in [3.05, 3.63) is 54.6 Å². The molecule has 1 N–H and O–H groups in total. The average Bonchev–Trinajstić information content (AvgIpc) is 2.74. The number of rotatable bonds is 7. The van der Waals surface area contributed by atoms with E-state index in [0.717, 1.165) is 30.0 Å². The number of sulfonamides is 1. The quantitative estimate of drug-likeness (QED) is 0.717. The molecule has 0 aliphatic heterocycles. The largest absolute Gasteiger partial charge is 0.497 e. The van der Waals surface area contributed by atoms with Crippen LogP contribution in [-0.2, 0) is 14.8 Å². The van der Waals surface area contributed by atoms with Gasteiger partial charge in [0.2, 0.25) is 5.91 Å². The van der Waals surface area contributed by atoms with E-state index >= 15 is 0 Å². The SMILES string of the molecule is COc1cccc(N(CC(=O)NC2CCCCCCC2)S(=O)(=O)c2ccccc2)c1. The molecule has 1 saturated carbocycles. The van der Waals surface area contributed by atoms with Gasteiger partial charge in [0.15, 0.2) is 0 Å². The van der Waals surface area contributed by atoms with Gasteiger partial charge in [-0.15, -0.1) is 0 Å². The van der Waals surface area contributed by atoms with Crippen LogP contribution in [0.1, 0.15) is 44.9 Å². The minimum atomic E-state index is -3.91. The van der Waals surface area contributed by atoms with Crippen LogP contribution in [0.5, 0.6) is 5.75 Å². The van der Waals surface area contributed by atoms with Crippen LogP contribution in [0.25, 0.3) is 0 Å². The maximum absolute atomic E-state index is 13.4. The first-order valence-electron chi connectivity index (χ1n) is 10.5. The number of hydrogen-bond acceptors (Lipinski definition) is 4. The van der Waals surface area contributed by atoms with Gasteiger partial charge in [0.1, 0.15) is 12.3 Å². The molecule has 1 amide bonds. The summed E-state index contributed by atoms with van der Waals surface area (Å²) in [5, 5.41) is 3.06. The zero-order chi connectivity index (χ0) is 21.4. The summed E-state index contributed by atoms with van der Waals surface area (Å²) in [5.74, 6) is 0.240. The second-order valence-electron chi connectivity index (χ2n) is 7.64. The van der Waals surface area contributed by atoms with Crippen molar-refractivity contribution < 1.29 is 17.9 Å². The van der Waals surface area contributed by atoms with Crippen molar-refractivity contribution in [2.24, 2.45) is 0 Å². The van der Waals surface area contributed by atoms with Crippen molar-refractivity contribution >= 4 is 21.6 Å². The molecular weight excluding hydrogens is 400 g/mol. The number of nitrogens with one attached hydrogen (secondary N) is 1. The Kier molecular flexibility index (Phi) is 7.74. The zero-order valence-electron chi connectivity index (χ0n) is 17.4. The van der Waals surface area contributed by atoms with Crippen LogP contribution in [0.3, 0.4) is 0 Å². The molecule has 0 bridgehead atoms. The number of amides is 1. The lowest BCUT2D eigenvalue weighted by Crippen LogP contribution is -2.44. The number of hydrogen-bond donors (Lipinski definition) is 1. The molecular formula is C23H30N2O4S. The third-order valence-corrected chi connectivity index (χ3v) is 7.22. The minimum Gasteiger partial charge on any atom is -0.497 e. The van der Waals surface area contributed by atoms with E-state index in [1.165, 1.54) is 38.5 Å². The number of ether oxygens (including phenoxy) is 1. The van der Waals surface area contributed by atoms with E-state index in [9.17, 15) is 13.2 Å². The Bertz CT molecular complexity index is 923. The fraction of sp³-hybridized carbons (Fsp3) is 0.435. The molecule has 6 nitrogen and oxygen atoms in total. The zero-order valence-corrected chi connectivity index (χ0v) is 18.2. The summed E-state index contributed by atoms with van der Waals surface area (Å²) in [7, 11) is -2.39. The lowest BCUT2D eigenvalue weighted by Gasteiger charge is -2.26. The highest BCUT2D eigenvalue weighted by atomic mass is 32.2. The molecule has 7 heteroatoms. The molecule has 1 fully saturated rings. The minimum absolute atomic E-state index is 0.101. The molecule has 0 saturated heterocycles. The topological polar surface area (TPSA) is 75.7 Å². The predicted molar refractivity (Wildman–Crippen MR) is 118 cm³/mol. The summed E-state index contributed by atoms with van der Waals surface area (Å²) in [6.07, 6.45) is 7.68. The molecule has 1 aliphatic rings. The molecule has 0 heterocycles. The smallest absolute Gasteiger partial charge is 0.264 e. The van der Waals surface area contributed by atoms with Crippen LogP contribution >= 0.6 is 0 Å². The summed E-state index contributed by atoms with van der Waals surface area (Å²) in [5.41, 5.74) is 0.394. The van der Waals surface area contributed by atoms with E-state index in [4.69, 9.17) is 4.74 Å². The fourth-order valence-corrected chi connectivity index (χ4v) is 5.24. The van der Waals surface area contributed by atoms with Gasteiger partial charge in [0, 0.05) is 12.1 Å². The first kappa shape index (κ1) is 22.2. The van der Waals surface area contributed by atoms with Crippen molar-refractivity contribution in [3.63, 3.8) is 0 Å². The highest BCUT2D eigenvalue weighted by Crippen LogP contribution is 2.27. The summed E-state index contributed by atoms with van der Waals surface area (Å²) >= 11 is 0. The van der Waals surface area contributed by atoms with Gasteiger partial charge in [-0.05, 0) is 37.1 Å². The molecule has 0 radical (unpaired) electrons. The van der Waals surface area contributed by atoms with Crippen LogP contribution in [-0.4, -0.2) is 34.0 Å². The van der Waals surface area contributed by atoms with Crippen molar-refractivity contribution in [1.82, 2.24) is 5.32 Å². The normalized spacial score (nSPS) is 15.6. The Morgan fingerprint density at radius 2 is 1.67 bits per heavy atom. The van der Waals surface area contributed by atoms with E-state index in [1.807, 2.05) is 0 Å². The summed E-state index contributed by atoms with van der Waals surface area (Å²) in [6.45, 7) is -0.277. The van der Waals surface area contributed by atoms with Crippen LogP contribution in [0.2, 0.25) is 0 Å². The molecule has 0 aromatic heterocycles. The monoisotopic (exact) mass is 430 g/mol. The molecule has 30 heavy (non-hydrogen) atoms. The third kappa shape index (κ3) is 5.75. The number of benzene rings is 2. The van der Waals surface area contributed by atoms with Crippen LogP contribution in [0, 0.1) is 0 Å². The fourth-order valence-electron chi connectivity index (χ4n) is 3.80. The van der Waals surface area contributed by atoms with Crippen LogP contribution < -0.4 is 14.4 Å². The summed E-state index contributed by atoms with van der Waals surface area (Å²) in [4.78, 5) is 13.0. The number of anilines is 1. The first-order chi connectivity index (χ1) is 14.5. The van der Waals surface area contributed by atoms with Gasteiger partial charge < -0.3 is 10.1 Å². The molecule has 0 atom stereocenters. The Balaban J connectivity index is 1.84. The van der Waals surface area contributed by atoms with Crippen LogP contribution in [0.4, 0.5) is 5.69 Å². The number of nitrogens with zero attached hydrogens (tertiary/aromatic N) is 1. The van der Waals surface area contributed by atoms with Crippen LogP contribution in [0.15, 0.2) is 59.5 Å². The molecule has 0 unspecified atom stereocenters. The standard InChI is InChI=1S/C23H30N2O4S/c1-29-21-14-10-13-20(17-21)25(30(27,28)22-15-8-5-9-16-22)18-23(26)24-19-11-6-3-2-4-7-12-19/h5,8-10,13-17,19H,2-4,6-7,11-12,18H2,1H3,(H,24,26). The van der Waals surface area contributed by atoms with E-state index in [-0.39, 0.29) is 23.4 Å². The molecule has 3 rings (SSSR count). The van der Waals surface area contributed by atoms with Gasteiger partial charge in [-0.2, -0.15) is 0 Å². The summed E-state index contributed by atoms with van der Waals surface area (Å²) in [6, 6.07) is 15.0. The highest BCUT2D eigenvalue weighted by Gasteiger charge is 2.28. The van der Waals surface area contributed by atoms with E-state index < -0.39 is 10.0 Å². The van der Waals surface area contributed by atoms with E-state index in [1.54, 1.807) is 42.5 Å². The van der Waals surface area contributed by atoms with Gasteiger partial charge >= 0.3 is 0 Å². The van der Waals surface area contributed by atoms with Gasteiger partial charge in [-0.3, -0.25) is 9.10 Å². The highest BCUT2D eigenvalue weighted by molar-refractivity contribution is 7.92. The van der Waals surface area contributed by atoms with Crippen molar-refractivity contribution in [3.8, 4) is 5.75 Å². The van der Waals surface area contributed by atoms with Crippen molar-refractivity contribution in [2.45, 2.75) is 55.9 Å². The summed E-state index contributed by atoms with van der Waals surface area (Å²) < 4.78 is 33.1. The third-order valence-electron chi connectivity index (χ3n) is 5.43. The maximum atomic E-state index is 13.4. The predicted octanol–water partition coefficient (Wildman–Crippen LogP) is 4.12. The second kappa shape index (κ2) is 10.5. The average molecular weight is 431 g/mol. The Morgan fingerprint density at radius 3 is 2.33 bits per heavy atom. The Morgan fingerprint density at radius 1 is 1.00 bits per heavy atom. The Hall–Kier alpha value is -2.54. The molecule has 1 aliphatic carbocycles. The molecule has 162 valence electrons. The Labute approximate surface area is 179 Å². The lowest BCUT2D eigenvalue weighted by molar-refractivity contribution is -0.120. The number of carbonyl (C=O) groups is 1. The first-order valence-corrected chi connectivity index (χ1v) is 12.0. The second-order valence-corrected chi connectivity index (χ2v) is 9.50. The van der Waals surface area contributed by atoms with Gasteiger partial charge in [0.05, 0.1) is 17.7 Å². The van der Waals surface area contributed by atoms with E-state index in [0.29, 0.717) is 11.4 Å². The number of methoxy groups -OCH3 is 1. The van der Waals surface area contributed by atoms with Gasteiger partial charge in [0.25, 0.3) is 10.0 Å².